The van der Waals surface area contributed by atoms with Gasteiger partial charge in [-0.3, -0.25) is 0 Å². The Kier molecular flexibility index (Phi) is 4.62. The average molecular weight is 274 g/mol. The predicted molar refractivity (Wildman–Crippen MR) is 82.9 cm³/mol. The van der Waals surface area contributed by atoms with E-state index in [1.807, 2.05) is 25.2 Å². The van der Waals surface area contributed by atoms with E-state index in [4.69, 9.17) is 11.6 Å². The van der Waals surface area contributed by atoms with Crippen molar-refractivity contribution in [2.24, 2.45) is 0 Å². The smallest absolute Gasteiger partial charge is 0.0408 e. The number of nitrogens with one attached hydrogen (secondary N) is 1. The number of rotatable bonds is 4. The number of benzene rings is 2. The normalized spacial score (nSPS) is 12.4. The number of hydrogen-bond acceptors (Lipinski definition) is 1. The van der Waals surface area contributed by atoms with E-state index in [2.05, 4.69) is 43.4 Å². The van der Waals surface area contributed by atoms with Crippen molar-refractivity contribution in [2.75, 3.05) is 7.05 Å². The first kappa shape index (κ1) is 14.1. The highest BCUT2D eigenvalue weighted by Gasteiger charge is 2.11. The summed E-state index contributed by atoms with van der Waals surface area (Å²) in [6, 6.07) is 15.0. The van der Waals surface area contributed by atoms with Crippen molar-refractivity contribution in [1.82, 2.24) is 5.32 Å². The Bertz CT molecular complexity index is 563. The summed E-state index contributed by atoms with van der Waals surface area (Å²) >= 11 is 6.04. The third-order valence-corrected chi connectivity index (χ3v) is 3.85. The van der Waals surface area contributed by atoms with E-state index >= 15 is 0 Å². The predicted octanol–water partition coefficient (Wildman–Crippen LogP) is 4.46. The van der Waals surface area contributed by atoms with Gasteiger partial charge in [-0.05, 0) is 61.7 Å². The Morgan fingerprint density at radius 3 is 2.47 bits per heavy atom. The minimum absolute atomic E-state index is 0.317. The van der Waals surface area contributed by atoms with Crippen LogP contribution in [0.2, 0.25) is 5.02 Å². The van der Waals surface area contributed by atoms with E-state index in [9.17, 15) is 0 Å². The maximum Gasteiger partial charge on any atom is 0.0408 e. The van der Waals surface area contributed by atoms with Crippen LogP contribution in [0.15, 0.2) is 42.5 Å². The van der Waals surface area contributed by atoms with Gasteiger partial charge in [-0.25, -0.2) is 0 Å². The molecule has 100 valence electrons. The lowest BCUT2D eigenvalue weighted by atomic mass is 9.96. The molecule has 1 N–H and O–H groups in total. The molecule has 1 unspecified atom stereocenters. The van der Waals surface area contributed by atoms with Crippen molar-refractivity contribution >= 4 is 11.6 Å². The molecular formula is C17H20ClN. The second kappa shape index (κ2) is 6.23. The van der Waals surface area contributed by atoms with Gasteiger partial charge >= 0.3 is 0 Å². The molecule has 0 aliphatic heterocycles. The second-order valence-corrected chi connectivity index (χ2v) is 5.46. The summed E-state index contributed by atoms with van der Waals surface area (Å²) in [5, 5.41) is 4.19. The van der Waals surface area contributed by atoms with Crippen LogP contribution >= 0.6 is 11.6 Å². The van der Waals surface area contributed by atoms with Gasteiger partial charge in [0.1, 0.15) is 0 Å². The molecule has 0 spiro atoms. The van der Waals surface area contributed by atoms with Crippen molar-refractivity contribution in [3.05, 3.63) is 69.7 Å². The summed E-state index contributed by atoms with van der Waals surface area (Å²) in [6.45, 7) is 4.30. The standard InChI is InChI=1S/C17H20ClN/c1-12-7-8-15(9-13(12)2)17(19-3)11-14-5-4-6-16(18)10-14/h4-10,17,19H,11H2,1-3H3. The highest BCUT2D eigenvalue weighted by atomic mass is 35.5. The van der Waals surface area contributed by atoms with Gasteiger partial charge in [-0.15, -0.1) is 0 Å². The van der Waals surface area contributed by atoms with Crippen molar-refractivity contribution in [3.63, 3.8) is 0 Å². The Labute approximate surface area is 120 Å². The zero-order valence-corrected chi connectivity index (χ0v) is 12.5. The largest absolute Gasteiger partial charge is 0.313 e. The maximum atomic E-state index is 6.04. The van der Waals surface area contributed by atoms with Crippen LogP contribution in [0.1, 0.15) is 28.3 Å². The molecule has 0 saturated carbocycles. The second-order valence-electron chi connectivity index (χ2n) is 5.02. The summed E-state index contributed by atoms with van der Waals surface area (Å²) in [6.07, 6.45) is 0.944. The zero-order chi connectivity index (χ0) is 13.8. The topological polar surface area (TPSA) is 12.0 Å². The van der Waals surface area contributed by atoms with Crippen LogP contribution in [0, 0.1) is 13.8 Å². The first-order chi connectivity index (χ1) is 9.10. The first-order valence-corrected chi connectivity index (χ1v) is 6.97. The van der Waals surface area contributed by atoms with Crippen molar-refractivity contribution in [2.45, 2.75) is 26.3 Å². The number of hydrogen-bond donors (Lipinski definition) is 1. The van der Waals surface area contributed by atoms with Crippen molar-refractivity contribution in [3.8, 4) is 0 Å². The van der Waals surface area contributed by atoms with Gasteiger partial charge in [0.25, 0.3) is 0 Å². The molecule has 0 saturated heterocycles. The molecule has 1 atom stereocenters. The quantitative estimate of drug-likeness (QED) is 0.867. The molecule has 0 aliphatic carbocycles. The Morgan fingerprint density at radius 1 is 1.05 bits per heavy atom. The van der Waals surface area contributed by atoms with E-state index < -0.39 is 0 Å². The molecule has 0 bridgehead atoms. The van der Waals surface area contributed by atoms with Crippen molar-refractivity contribution in [1.29, 1.82) is 0 Å². The van der Waals surface area contributed by atoms with Gasteiger partial charge in [0.15, 0.2) is 0 Å². The third kappa shape index (κ3) is 3.59. The molecule has 19 heavy (non-hydrogen) atoms. The minimum Gasteiger partial charge on any atom is -0.313 e. The number of aryl methyl sites for hydroxylation is 2. The van der Waals surface area contributed by atoms with Crippen LogP contribution in [0.3, 0.4) is 0 Å². The molecule has 0 heterocycles. The fourth-order valence-corrected chi connectivity index (χ4v) is 2.48. The van der Waals surface area contributed by atoms with Crippen LogP contribution in [0.5, 0.6) is 0 Å². The van der Waals surface area contributed by atoms with E-state index in [-0.39, 0.29) is 0 Å². The van der Waals surface area contributed by atoms with Gasteiger partial charge in [-0.2, -0.15) is 0 Å². The molecule has 0 aromatic heterocycles. The van der Waals surface area contributed by atoms with Crippen LogP contribution in [-0.2, 0) is 6.42 Å². The molecule has 0 amide bonds. The number of likely N-dealkylation sites (N-methyl/N-ethyl adjacent to an activating group) is 1. The zero-order valence-electron chi connectivity index (χ0n) is 11.7. The molecule has 2 aromatic rings. The summed E-state index contributed by atoms with van der Waals surface area (Å²) in [5.41, 5.74) is 5.25. The van der Waals surface area contributed by atoms with Gasteiger partial charge in [0.2, 0.25) is 0 Å². The molecule has 1 nitrogen and oxygen atoms in total. The minimum atomic E-state index is 0.317. The lowest BCUT2D eigenvalue weighted by Gasteiger charge is -2.18. The SMILES string of the molecule is CNC(Cc1cccc(Cl)c1)c1ccc(C)c(C)c1. The van der Waals surface area contributed by atoms with Gasteiger partial charge in [0, 0.05) is 11.1 Å². The average Bonchev–Trinajstić information content (AvgIpc) is 2.39. The van der Waals surface area contributed by atoms with E-state index in [1.165, 1.54) is 22.3 Å². The van der Waals surface area contributed by atoms with Crippen molar-refractivity contribution < 1.29 is 0 Å². The van der Waals surface area contributed by atoms with Gasteiger partial charge in [0.05, 0.1) is 0 Å². The maximum absolute atomic E-state index is 6.04. The first-order valence-electron chi connectivity index (χ1n) is 6.59. The fraction of sp³-hybridized carbons (Fsp3) is 0.294. The molecule has 0 aliphatic rings. The fourth-order valence-electron chi connectivity index (χ4n) is 2.27. The summed E-state index contributed by atoms with van der Waals surface area (Å²) < 4.78 is 0. The van der Waals surface area contributed by atoms with E-state index in [0.29, 0.717) is 6.04 Å². The summed E-state index contributed by atoms with van der Waals surface area (Å²) in [5.74, 6) is 0. The lowest BCUT2D eigenvalue weighted by molar-refractivity contribution is 0.591. The highest BCUT2D eigenvalue weighted by molar-refractivity contribution is 6.30. The highest BCUT2D eigenvalue weighted by Crippen LogP contribution is 2.22. The molecule has 2 rings (SSSR count). The summed E-state index contributed by atoms with van der Waals surface area (Å²) in [7, 11) is 2.00. The summed E-state index contributed by atoms with van der Waals surface area (Å²) in [4.78, 5) is 0. The monoisotopic (exact) mass is 273 g/mol. The van der Waals surface area contributed by atoms with Crippen LogP contribution in [0.4, 0.5) is 0 Å². The van der Waals surface area contributed by atoms with Gasteiger partial charge < -0.3 is 5.32 Å². The Hall–Kier alpha value is -1.31. The Morgan fingerprint density at radius 2 is 1.84 bits per heavy atom. The van der Waals surface area contributed by atoms with E-state index in [0.717, 1.165) is 11.4 Å². The van der Waals surface area contributed by atoms with Crippen LogP contribution in [0.25, 0.3) is 0 Å². The molecule has 2 aromatic carbocycles. The third-order valence-electron chi connectivity index (χ3n) is 3.61. The molecular weight excluding hydrogens is 254 g/mol. The molecule has 2 heteroatoms. The van der Waals surface area contributed by atoms with Crippen LogP contribution < -0.4 is 5.32 Å². The number of halogens is 1. The Balaban J connectivity index is 2.22. The van der Waals surface area contributed by atoms with E-state index in [1.54, 1.807) is 0 Å². The van der Waals surface area contributed by atoms with Gasteiger partial charge in [-0.1, -0.05) is 41.9 Å². The molecule has 0 fully saturated rings. The van der Waals surface area contributed by atoms with Crippen LogP contribution in [-0.4, -0.2) is 7.05 Å². The molecule has 0 radical (unpaired) electrons. The lowest BCUT2D eigenvalue weighted by Crippen LogP contribution is -2.19.